The highest BCUT2D eigenvalue weighted by Crippen LogP contribution is 2.23. The largest absolute Gasteiger partial charge is 0.497 e. The maximum absolute atomic E-state index is 12.1. The number of carbonyl (C=O) groups is 1. The van der Waals surface area contributed by atoms with Gasteiger partial charge in [0, 0.05) is 12.2 Å². The summed E-state index contributed by atoms with van der Waals surface area (Å²) in [6, 6.07) is 5.15. The molecule has 0 atom stereocenters. The fourth-order valence-electron chi connectivity index (χ4n) is 2.58. The number of hydrogen-bond donors (Lipinski definition) is 2. The molecule has 1 aromatic carbocycles. The molecule has 1 aromatic rings. The lowest BCUT2D eigenvalue weighted by Crippen LogP contribution is -2.30. The summed E-state index contributed by atoms with van der Waals surface area (Å²) in [5, 5.41) is 2.99. The minimum Gasteiger partial charge on any atom is -0.497 e. The molecule has 0 bridgehead atoms. The molecule has 1 aliphatic rings. The first-order valence-corrected chi connectivity index (χ1v) is 6.92. The first-order valence-electron chi connectivity index (χ1n) is 6.92. The van der Waals surface area contributed by atoms with E-state index in [1.165, 1.54) is 32.1 Å². The van der Waals surface area contributed by atoms with Crippen LogP contribution in [0.1, 0.15) is 42.5 Å². The average Bonchev–Trinajstić information content (AvgIpc) is 2.46. The van der Waals surface area contributed by atoms with E-state index >= 15 is 0 Å². The fourth-order valence-corrected chi connectivity index (χ4v) is 2.58. The third-order valence-corrected chi connectivity index (χ3v) is 3.78. The lowest BCUT2D eigenvalue weighted by molar-refractivity contribution is 0.0944. The fraction of sp³-hybridized carbons (Fsp3) is 0.533. The van der Waals surface area contributed by atoms with Crippen LogP contribution in [0.2, 0.25) is 0 Å². The Morgan fingerprint density at radius 3 is 2.79 bits per heavy atom. The molecule has 1 amide bonds. The van der Waals surface area contributed by atoms with Crippen molar-refractivity contribution in [3.63, 3.8) is 0 Å². The Hall–Kier alpha value is -1.71. The second-order valence-corrected chi connectivity index (χ2v) is 5.17. The molecule has 1 fully saturated rings. The zero-order chi connectivity index (χ0) is 13.7. The number of nitrogens with one attached hydrogen (secondary N) is 1. The SMILES string of the molecule is COc1ccc(N)c(C(=O)NCC2CCCCC2)c1. The van der Waals surface area contributed by atoms with E-state index in [0.29, 0.717) is 22.9 Å². The Balaban J connectivity index is 1.95. The van der Waals surface area contributed by atoms with Crippen molar-refractivity contribution in [2.75, 3.05) is 19.4 Å². The molecule has 0 radical (unpaired) electrons. The van der Waals surface area contributed by atoms with Crippen LogP contribution in [0.4, 0.5) is 5.69 Å². The molecule has 4 heteroatoms. The Labute approximate surface area is 114 Å². The average molecular weight is 262 g/mol. The summed E-state index contributed by atoms with van der Waals surface area (Å²) in [5.74, 6) is 1.16. The van der Waals surface area contributed by atoms with Crippen molar-refractivity contribution < 1.29 is 9.53 Å². The molecule has 0 aliphatic heterocycles. The van der Waals surface area contributed by atoms with Gasteiger partial charge in [0.1, 0.15) is 5.75 Å². The van der Waals surface area contributed by atoms with Crippen LogP contribution in [0.3, 0.4) is 0 Å². The topological polar surface area (TPSA) is 64.3 Å². The maximum atomic E-state index is 12.1. The molecule has 2 rings (SSSR count). The number of rotatable bonds is 4. The van der Waals surface area contributed by atoms with Gasteiger partial charge in [-0.05, 0) is 37.0 Å². The number of nitrogens with two attached hydrogens (primary N) is 1. The highest BCUT2D eigenvalue weighted by molar-refractivity contribution is 5.99. The van der Waals surface area contributed by atoms with E-state index < -0.39 is 0 Å². The molecule has 0 unspecified atom stereocenters. The quantitative estimate of drug-likeness (QED) is 0.820. The molecular formula is C15H22N2O2. The van der Waals surface area contributed by atoms with Crippen molar-refractivity contribution in [2.24, 2.45) is 5.92 Å². The molecule has 104 valence electrons. The number of nitrogen functional groups attached to an aromatic ring is 1. The summed E-state index contributed by atoms with van der Waals surface area (Å²) in [7, 11) is 1.58. The number of anilines is 1. The Morgan fingerprint density at radius 1 is 1.37 bits per heavy atom. The van der Waals surface area contributed by atoms with Gasteiger partial charge in [0.15, 0.2) is 0 Å². The van der Waals surface area contributed by atoms with Crippen molar-refractivity contribution >= 4 is 11.6 Å². The van der Waals surface area contributed by atoms with E-state index in [1.54, 1.807) is 25.3 Å². The van der Waals surface area contributed by atoms with E-state index in [2.05, 4.69) is 5.32 Å². The number of hydrogen-bond acceptors (Lipinski definition) is 3. The Bertz CT molecular complexity index is 440. The van der Waals surface area contributed by atoms with Gasteiger partial charge in [-0.25, -0.2) is 0 Å². The second kappa shape index (κ2) is 6.45. The standard InChI is InChI=1S/C15H22N2O2/c1-19-12-7-8-14(16)13(9-12)15(18)17-10-11-5-3-2-4-6-11/h7-9,11H,2-6,10,16H2,1H3,(H,17,18). The van der Waals surface area contributed by atoms with Crippen LogP contribution in [0, 0.1) is 5.92 Å². The van der Waals surface area contributed by atoms with Gasteiger partial charge < -0.3 is 15.8 Å². The zero-order valence-electron chi connectivity index (χ0n) is 11.4. The summed E-state index contributed by atoms with van der Waals surface area (Å²) < 4.78 is 5.12. The highest BCUT2D eigenvalue weighted by atomic mass is 16.5. The summed E-state index contributed by atoms with van der Waals surface area (Å²) in [4.78, 5) is 12.1. The second-order valence-electron chi connectivity index (χ2n) is 5.17. The first kappa shape index (κ1) is 13.7. The monoisotopic (exact) mass is 262 g/mol. The Kier molecular flexibility index (Phi) is 4.66. The van der Waals surface area contributed by atoms with Gasteiger partial charge in [-0.3, -0.25) is 4.79 Å². The lowest BCUT2D eigenvalue weighted by atomic mass is 9.89. The predicted octanol–water partition coefficient (Wildman–Crippen LogP) is 2.59. The minimum absolute atomic E-state index is 0.109. The van der Waals surface area contributed by atoms with Crippen LogP contribution in [-0.4, -0.2) is 19.6 Å². The van der Waals surface area contributed by atoms with Crippen LogP contribution in [0.15, 0.2) is 18.2 Å². The molecule has 0 aromatic heterocycles. The van der Waals surface area contributed by atoms with Crippen LogP contribution in [-0.2, 0) is 0 Å². The summed E-state index contributed by atoms with van der Waals surface area (Å²) in [5.41, 5.74) is 6.82. The number of benzene rings is 1. The van der Waals surface area contributed by atoms with Crippen molar-refractivity contribution in [3.05, 3.63) is 23.8 Å². The summed E-state index contributed by atoms with van der Waals surface area (Å²) >= 11 is 0. The number of carbonyl (C=O) groups excluding carboxylic acids is 1. The molecular weight excluding hydrogens is 240 g/mol. The third-order valence-electron chi connectivity index (χ3n) is 3.78. The Morgan fingerprint density at radius 2 is 2.11 bits per heavy atom. The van der Waals surface area contributed by atoms with Crippen molar-refractivity contribution in [2.45, 2.75) is 32.1 Å². The van der Waals surface area contributed by atoms with Crippen molar-refractivity contribution in [1.29, 1.82) is 0 Å². The molecule has 3 N–H and O–H groups in total. The molecule has 1 saturated carbocycles. The lowest BCUT2D eigenvalue weighted by Gasteiger charge is -2.21. The summed E-state index contributed by atoms with van der Waals surface area (Å²) in [6.45, 7) is 0.746. The number of methoxy groups -OCH3 is 1. The van der Waals surface area contributed by atoms with Gasteiger partial charge in [0.25, 0.3) is 5.91 Å². The summed E-state index contributed by atoms with van der Waals surface area (Å²) in [6.07, 6.45) is 6.32. The number of amides is 1. The molecule has 0 heterocycles. The van der Waals surface area contributed by atoms with Crippen LogP contribution >= 0.6 is 0 Å². The molecule has 1 aliphatic carbocycles. The molecule has 0 spiro atoms. The van der Waals surface area contributed by atoms with Gasteiger partial charge in [-0.2, -0.15) is 0 Å². The van der Waals surface area contributed by atoms with Gasteiger partial charge in [0.2, 0.25) is 0 Å². The van der Waals surface area contributed by atoms with E-state index in [1.807, 2.05) is 0 Å². The van der Waals surface area contributed by atoms with E-state index in [9.17, 15) is 4.79 Å². The van der Waals surface area contributed by atoms with Crippen LogP contribution in [0.5, 0.6) is 5.75 Å². The van der Waals surface area contributed by atoms with Crippen LogP contribution in [0.25, 0.3) is 0 Å². The van der Waals surface area contributed by atoms with E-state index in [-0.39, 0.29) is 5.91 Å². The van der Waals surface area contributed by atoms with Crippen molar-refractivity contribution in [3.8, 4) is 5.75 Å². The van der Waals surface area contributed by atoms with Gasteiger partial charge in [-0.1, -0.05) is 19.3 Å². The van der Waals surface area contributed by atoms with Gasteiger partial charge >= 0.3 is 0 Å². The van der Waals surface area contributed by atoms with Gasteiger partial charge in [0.05, 0.1) is 12.7 Å². The maximum Gasteiger partial charge on any atom is 0.253 e. The molecule has 0 saturated heterocycles. The normalized spacial score (nSPS) is 16.1. The molecule has 4 nitrogen and oxygen atoms in total. The van der Waals surface area contributed by atoms with Crippen molar-refractivity contribution in [1.82, 2.24) is 5.32 Å². The van der Waals surface area contributed by atoms with Gasteiger partial charge in [-0.15, -0.1) is 0 Å². The first-order chi connectivity index (χ1) is 9.20. The predicted molar refractivity (Wildman–Crippen MR) is 76.3 cm³/mol. The van der Waals surface area contributed by atoms with E-state index in [4.69, 9.17) is 10.5 Å². The zero-order valence-corrected chi connectivity index (χ0v) is 11.4. The van der Waals surface area contributed by atoms with E-state index in [0.717, 1.165) is 6.54 Å². The smallest absolute Gasteiger partial charge is 0.253 e. The number of ether oxygens (including phenoxy) is 1. The van der Waals surface area contributed by atoms with Crippen LogP contribution < -0.4 is 15.8 Å². The third kappa shape index (κ3) is 3.63. The minimum atomic E-state index is -0.109. The molecule has 19 heavy (non-hydrogen) atoms. The highest BCUT2D eigenvalue weighted by Gasteiger charge is 2.16.